The van der Waals surface area contributed by atoms with Crippen LogP contribution < -0.4 is 0 Å². The molecule has 0 aliphatic carbocycles. The van der Waals surface area contributed by atoms with Gasteiger partial charge >= 0.3 is 0 Å². The van der Waals surface area contributed by atoms with Crippen molar-refractivity contribution in [1.29, 1.82) is 0 Å². The molecule has 2 heterocycles. The van der Waals surface area contributed by atoms with Gasteiger partial charge in [-0.25, -0.2) is 0 Å². The number of nitrogens with zero attached hydrogens (tertiary/aromatic N) is 2. The smallest absolute Gasteiger partial charge is 0.0224 e. The fourth-order valence-electron chi connectivity index (χ4n) is 4.12. The van der Waals surface area contributed by atoms with Gasteiger partial charge in [0, 0.05) is 25.2 Å². The predicted octanol–water partition coefficient (Wildman–Crippen LogP) is 3.74. The van der Waals surface area contributed by atoms with Crippen LogP contribution in [0, 0.1) is 0 Å². The minimum atomic E-state index is 0.672. The lowest BCUT2D eigenvalue weighted by atomic mass is 9.96. The lowest BCUT2D eigenvalue weighted by Gasteiger charge is -2.44. The molecule has 0 radical (unpaired) electrons. The highest BCUT2D eigenvalue weighted by molar-refractivity contribution is 5.18. The summed E-state index contributed by atoms with van der Waals surface area (Å²) < 4.78 is 0. The van der Waals surface area contributed by atoms with Gasteiger partial charge in [0.05, 0.1) is 0 Å². The Hall–Kier alpha value is -0.860. The van der Waals surface area contributed by atoms with Gasteiger partial charge in [-0.2, -0.15) is 0 Å². The Kier molecular flexibility index (Phi) is 4.97. The Morgan fingerprint density at radius 3 is 2.76 bits per heavy atom. The summed E-state index contributed by atoms with van der Waals surface area (Å²) in [6.45, 7) is 9.95. The lowest BCUT2D eigenvalue weighted by Crippen LogP contribution is -2.56. The maximum atomic E-state index is 2.78. The summed E-state index contributed by atoms with van der Waals surface area (Å²) in [6, 6.07) is 12.6. The van der Waals surface area contributed by atoms with E-state index in [4.69, 9.17) is 0 Å². The quantitative estimate of drug-likeness (QED) is 0.813. The molecular formula is C19H30N2. The molecule has 0 amide bonds. The number of hydrogen-bond donors (Lipinski definition) is 0. The van der Waals surface area contributed by atoms with Crippen molar-refractivity contribution in [1.82, 2.24) is 9.80 Å². The topological polar surface area (TPSA) is 6.48 Å². The van der Waals surface area contributed by atoms with Crippen molar-refractivity contribution >= 4 is 0 Å². The van der Waals surface area contributed by atoms with E-state index >= 15 is 0 Å². The Labute approximate surface area is 130 Å². The minimum absolute atomic E-state index is 0.672. The van der Waals surface area contributed by atoms with Gasteiger partial charge in [0.25, 0.3) is 0 Å². The molecule has 0 saturated carbocycles. The van der Waals surface area contributed by atoms with Gasteiger partial charge in [-0.05, 0) is 50.3 Å². The van der Waals surface area contributed by atoms with Crippen LogP contribution in [0.4, 0.5) is 0 Å². The van der Waals surface area contributed by atoms with E-state index < -0.39 is 0 Å². The fourth-order valence-corrected chi connectivity index (χ4v) is 4.12. The monoisotopic (exact) mass is 286 g/mol. The molecule has 116 valence electrons. The number of benzene rings is 1. The Morgan fingerprint density at radius 1 is 1.19 bits per heavy atom. The third-order valence-electron chi connectivity index (χ3n) is 5.60. The summed E-state index contributed by atoms with van der Waals surface area (Å²) in [7, 11) is 0. The molecule has 3 rings (SSSR count). The van der Waals surface area contributed by atoms with E-state index in [1.165, 1.54) is 57.4 Å². The molecule has 1 aromatic carbocycles. The zero-order valence-electron chi connectivity index (χ0n) is 13.7. The molecule has 0 bridgehead atoms. The SMILES string of the molecule is CCC1CN2CCCC2CN1CCC(C)c1ccccc1. The van der Waals surface area contributed by atoms with Crippen molar-refractivity contribution in [3.05, 3.63) is 35.9 Å². The summed E-state index contributed by atoms with van der Waals surface area (Å²) in [6.07, 6.45) is 5.41. The summed E-state index contributed by atoms with van der Waals surface area (Å²) in [5.74, 6) is 0.672. The molecule has 2 heteroatoms. The summed E-state index contributed by atoms with van der Waals surface area (Å²) >= 11 is 0. The van der Waals surface area contributed by atoms with Gasteiger partial charge in [-0.3, -0.25) is 9.80 Å². The van der Waals surface area contributed by atoms with Gasteiger partial charge < -0.3 is 0 Å². The van der Waals surface area contributed by atoms with E-state index in [2.05, 4.69) is 54.0 Å². The molecule has 0 N–H and O–H groups in total. The van der Waals surface area contributed by atoms with Crippen molar-refractivity contribution in [3.8, 4) is 0 Å². The zero-order valence-corrected chi connectivity index (χ0v) is 13.7. The molecule has 2 aliphatic rings. The molecule has 0 aromatic heterocycles. The molecule has 0 spiro atoms. The molecule has 2 nitrogen and oxygen atoms in total. The van der Waals surface area contributed by atoms with Gasteiger partial charge in [-0.1, -0.05) is 44.2 Å². The normalized spacial score (nSPS) is 28.5. The van der Waals surface area contributed by atoms with E-state index in [1.807, 2.05) is 0 Å². The molecule has 3 atom stereocenters. The minimum Gasteiger partial charge on any atom is -0.298 e. The molecule has 21 heavy (non-hydrogen) atoms. The average molecular weight is 286 g/mol. The Bertz CT molecular complexity index is 430. The van der Waals surface area contributed by atoms with Crippen LogP contribution in [0.25, 0.3) is 0 Å². The first-order valence-electron chi connectivity index (χ1n) is 8.81. The third kappa shape index (κ3) is 3.49. The van der Waals surface area contributed by atoms with Crippen LogP contribution in [-0.4, -0.2) is 48.1 Å². The van der Waals surface area contributed by atoms with E-state index in [0.717, 1.165) is 12.1 Å². The van der Waals surface area contributed by atoms with E-state index in [1.54, 1.807) is 0 Å². The molecule has 2 saturated heterocycles. The van der Waals surface area contributed by atoms with Crippen LogP contribution in [0.1, 0.15) is 51.0 Å². The van der Waals surface area contributed by atoms with Crippen molar-refractivity contribution in [2.24, 2.45) is 0 Å². The number of fused-ring (bicyclic) bond motifs is 1. The average Bonchev–Trinajstić information content (AvgIpc) is 2.99. The van der Waals surface area contributed by atoms with E-state index in [-0.39, 0.29) is 0 Å². The van der Waals surface area contributed by atoms with E-state index in [0.29, 0.717) is 5.92 Å². The fraction of sp³-hybridized carbons (Fsp3) is 0.684. The van der Waals surface area contributed by atoms with Crippen LogP contribution >= 0.6 is 0 Å². The highest BCUT2D eigenvalue weighted by atomic mass is 15.3. The first-order valence-corrected chi connectivity index (χ1v) is 8.81. The number of hydrogen-bond acceptors (Lipinski definition) is 2. The Balaban J connectivity index is 1.56. The van der Waals surface area contributed by atoms with Gasteiger partial charge in [-0.15, -0.1) is 0 Å². The number of rotatable bonds is 5. The molecule has 2 fully saturated rings. The van der Waals surface area contributed by atoms with Crippen LogP contribution in [-0.2, 0) is 0 Å². The Morgan fingerprint density at radius 2 is 2.00 bits per heavy atom. The second-order valence-electron chi connectivity index (χ2n) is 6.95. The van der Waals surface area contributed by atoms with Gasteiger partial charge in [0.2, 0.25) is 0 Å². The van der Waals surface area contributed by atoms with Crippen molar-refractivity contribution < 1.29 is 0 Å². The van der Waals surface area contributed by atoms with Crippen LogP contribution in [0.15, 0.2) is 30.3 Å². The largest absolute Gasteiger partial charge is 0.298 e. The predicted molar refractivity (Wildman–Crippen MR) is 89.7 cm³/mol. The summed E-state index contributed by atoms with van der Waals surface area (Å²) in [5.41, 5.74) is 1.49. The summed E-state index contributed by atoms with van der Waals surface area (Å²) in [5, 5.41) is 0. The van der Waals surface area contributed by atoms with Crippen LogP contribution in [0.3, 0.4) is 0 Å². The second-order valence-corrected chi connectivity index (χ2v) is 6.95. The zero-order chi connectivity index (χ0) is 14.7. The highest BCUT2D eigenvalue weighted by Gasteiger charge is 2.35. The molecular weight excluding hydrogens is 256 g/mol. The highest BCUT2D eigenvalue weighted by Crippen LogP contribution is 2.27. The first kappa shape index (κ1) is 15.1. The molecule has 3 unspecified atom stereocenters. The molecule has 1 aromatic rings. The van der Waals surface area contributed by atoms with Gasteiger partial charge in [0.1, 0.15) is 0 Å². The van der Waals surface area contributed by atoms with Crippen LogP contribution in [0.5, 0.6) is 0 Å². The van der Waals surface area contributed by atoms with Crippen molar-refractivity contribution in [3.63, 3.8) is 0 Å². The maximum absolute atomic E-state index is 2.78. The number of piperazine rings is 1. The van der Waals surface area contributed by atoms with Crippen molar-refractivity contribution in [2.45, 2.75) is 57.5 Å². The third-order valence-corrected chi connectivity index (χ3v) is 5.60. The first-order chi connectivity index (χ1) is 10.3. The lowest BCUT2D eigenvalue weighted by molar-refractivity contribution is 0.0475. The van der Waals surface area contributed by atoms with Gasteiger partial charge in [0.15, 0.2) is 0 Å². The maximum Gasteiger partial charge on any atom is 0.0224 e. The van der Waals surface area contributed by atoms with Crippen LogP contribution in [0.2, 0.25) is 0 Å². The van der Waals surface area contributed by atoms with E-state index in [9.17, 15) is 0 Å². The van der Waals surface area contributed by atoms with Crippen molar-refractivity contribution in [2.75, 3.05) is 26.2 Å². The summed E-state index contributed by atoms with van der Waals surface area (Å²) in [4.78, 5) is 5.53. The standard InChI is InChI=1S/C19H30N2/c1-3-18-14-20-12-7-10-19(20)15-21(18)13-11-16(2)17-8-5-4-6-9-17/h4-6,8-9,16,18-19H,3,7,10-15H2,1-2H3. The molecule has 2 aliphatic heterocycles. The second kappa shape index (κ2) is 6.93.